The number of unbranched alkanes of at least 4 members (excludes halogenated alkanes) is 1. The molecule has 26 heavy (non-hydrogen) atoms. The van der Waals surface area contributed by atoms with Crippen molar-refractivity contribution in [2.75, 3.05) is 24.5 Å². The smallest absolute Gasteiger partial charge is 0.261 e. The van der Waals surface area contributed by atoms with Gasteiger partial charge in [-0.3, -0.25) is 14.5 Å². The Bertz CT molecular complexity index is 828. The number of hydrogen-bond donors (Lipinski definition) is 0. The fourth-order valence-electron chi connectivity index (χ4n) is 4.24. The van der Waals surface area contributed by atoms with Crippen molar-refractivity contribution in [1.29, 1.82) is 0 Å². The normalized spacial score (nSPS) is 17.7. The minimum Gasteiger partial charge on any atom is -0.371 e. The summed E-state index contributed by atoms with van der Waals surface area (Å²) in [6.07, 6.45) is 6.76. The van der Waals surface area contributed by atoms with Crippen molar-refractivity contribution in [3.05, 3.63) is 41.5 Å². The quantitative estimate of drug-likeness (QED) is 0.756. The molecule has 0 aromatic heterocycles. The molecular formula is C22H26N2O2. The predicted molar refractivity (Wildman–Crippen MR) is 105 cm³/mol. The predicted octanol–water partition coefficient (Wildman–Crippen LogP) is 4.62. The lowest BCUT2D eigenvalue weighted by Gasteiger charge is -2.30. The van der Waals surface area contributed by atoms with Gasteiger partial charge in [-0.05, 0) is 37.5 Å². The maximum Gasteiger partial charge on any atom is 0.261 e. The first-order valence-corrected chi connectivity index (χ1v) is 9.89. The van der Waals surface area contributed by atoms with E-state index in [0.29, 0.717) is 17.7 Å². The van der Waals surface area contributed by atoms with Crippen molar-refractivity contribution in [2.24, 2.45) is 0 Å². The molecule has 2 aromatic carbocycles. The third kappa shape index (κ3) is 2.77. The summed E-state index contributed by atoms with van der Waals surface area (Å²) in [7, 11) is 0. The Kier molecular flexibility index (Phi) is 4.66. The molecule has 0 unspecified atom stereocenters. The fourth-order valence-corrected chi connectivity index (χ4v) is 4.24. The minimum atomic E-state index is -0.144. The van der Waals surface area contributed by atoms with Crippen LogP contribution in [0.3, 0.4) is 0 Å². The minimum absolute atomic E-state index is 0.144. The van der Waals surface area contributed by atoms with Crippen LogP contribution in [0.15, 0.2) is 30.3 Å². The van der Waals surface area contributed by atoms with Crippen LogP contribution in [-0.2, 0) is 0 Å². The van der Waals surface area contributed by atoms with Crippen LogP contribution in [0.25, 0.3) is 10.8 Å². The molecule has 0 saturated carbocycles. The number of nitrogens with zero attached hydrogens (tertiary/aromatic N) is 2. The van der Waals surface area contributed by atoms with Crippen LogP contribution in [0.5, 0.6) is 0 Å². The number of amides is 2. The maximum absolute atomic E-state index is 13.0. The number of carbonyl (C=O) groups is 2. The number of rotatable bonds is 4. The Morgan fingerprint density at radius 2 is 1.58 bits per heavy atom. The fraction of sp³-hybridized carbons (Fsp3) is 0.455. The molecule has 0 N–H and O–H groups in total. The van der Waals surface area contributed by atoms with Gasteiger partial charge in [0.1, 0.15) is 0 Å². The Hall–Kier alpha value is -2.36. The molecule has 4 nitrogen and oxygen atoms in total. The molecule has 0 atom stereocenters. The van der Waals surface area contributed by atoms with Gasteiger partial charge in [-0.25, -0.2) is 0 Å². The summed E-state index contributed by atoms with van der Waals surface area (Å²) in [6, 6.07) is 9.89. The van der Waals surface area contributed by atoms with Crippen LogP contribution in [0.2, 0.25) is 0 Å². The summed E-state index contributed by atoms with van der Waals surface area (Å²) in [6.45, 7) is 4.66. The standard InChI is InChI=1S/C22H26N2O2/c1-2-3-15-24-21(25)17-10-8-9-16-19(23-13-6-4-5-7-14-23)12-11-18(20(16)17)22(24)26/h8-12H,2-7,13-15H2,1H3. The van der Waals surface area contributed by atoms with Crippen molar-refractivity contribution in [3.63, 3.8) is 0 Å². The van der Waals surface area contributed by atoms with Gasteiger partial charge < -0.3 is 4.90 Å². The first-order chi connectivity index (χ1) is 12.7. The van der Waals surface area contributed by atoms with Gasteiger partial charge in [0.2, 0.25) is 0 Å². The van der Waals surface area contributed by atoms with Gasteiger partial charge in [-0.15, -0.1) is 0 Å². The van der Waals surface area contributed by atoms with Gasteiger partial charge in [0.15, 0.2) is 0 Å². The van der Waals surface area contributed by atoms with Crippen molar-refractivity contribution in [1.82, 2.24) is 4.90 Å². The van der Waals surface area contributed by atoms with Gasteiger partial charge in [0.25, 0.3) is 11.8 Å². The van der Waals surface area contributed by atoms with E-state index in [-0.39, 0.29) is 11.8 Å². The highest BCUT2D eigenvalue weighted by atomic mass is 16.2. The van der Waals surface area contributed by atoms with Gasteiger partial charge in [0, 0.05) is 47.2 Å². The SMILES string of the molecule is CCCCN1C(=O)c2cccc3c(N4CCCCCC4)ccc(c23)C1=O. The zero-order chi connectivity index (χ0) is 18.1. The Labute approximate surface area is 154 Å². The van der Waals surface area contributed by atoms with Crippen molar-refractivity contribution in [2.45, 2.75) is 45.4 Å². The van der Waals surface area contributed by atoms with E-state index in [1.54, 1.807) is 0 Å². The summed E-state index contributed by atoms with van der Waals surface area (Å²) < 4.78 is 0. The van der Waals surface area contributed by atoms with Crippen LogP contribution in [-0.4, -0.2) is 36.3 Å². The van der Waals surface area contributed by atoms with Gasteiger partial charge in [-0.2, -0.15) is 0 Å². The number of hydrogen-bond acceptors (Lipinski definition) is 3. The molecule has 2 amide bonds. The lowest BCUT2D eigenvalue weighted by atomic mass is 9.92. The van der Waals surface area contributed by atoms with E-state index in [2.05, 4.69) is 24.0 Å². The highest BCUT2D eigenvalue weighted by Gasteiger charge is 2.33. The van der Waals surface area contributed by atoms with Gasteiger partial charge in [-0.1, -0.05) is 38.3 Å². The summed E-state index contributed by atoms with van der Waals surface area (Å²) in [5, 5.41) is 1.88. The molecular weight excluding hydrogens is 324 g/mol. The van der Waals surface area contributed by atoms with E-state index >= 15 is 0 Å². The first-order valence-electron chi connectivity index (χ1n) is 9.89. The van der Waals surface area contributed by atoms with Crippen molar-refractivity contribution >= 4 is 28.3 Å². The second kappa shape index (κ2) is 7.10. The lowest BCUT2D eigenvalue weighted by molar-refractivity contribution is 0.0608. The second-order valence-corrected chi connectivity index (χ2v) is 7.38. The molecule has 4 heteroatoms. The van der Waals surface area contributed by atoms with E-state index in [1.807, 2.05) is 18.2 Å². The van der Waals surface area contributed by atoms with Gasteiger partial charge >= 0.3 is 0 Å². The average Bonchev–Trinajstić information content (AvgIpc) is 2.95. The van der Waals surface area contributed by atoms with Crippen LogP contribution in [0.4, 0.5) is 5.69 Å². The zero-order valence-corrected chi connectivity index (χ0v) is 15.5. The largest absolute Gasteiger partial charge is 0.371 e. The number of anilines is 1. The highest BCUT2D eigenvalue weighted by molar-refractivity contribution is 6.26. The van der Waals surface area contributed by atoms with Crippen LogP contribution in [0, 0.1) is 0 Å². The maximum atomic E-state index is 13.0. The summed E-state index contributed by atoms with van der Waals surface area (Å²) >= 11 is 0. The third-order valence-electron chi connectivity index (χ3n) is 5.65. The number of imide groups is 1. The Morgan fingerprint density at radius 1 is 0.885 bits per heavy atom. The van der Waals surface area contributed by atoms with E-state index < -0.39 is 0 Å². The molecule has 0 bridgehead atoms. The molecule has 2 aliphatic heterocycles. The highest BCUT2D eigenvalue weighted by Crippen LogP contribution is 2.36. The van der Waals surface area contributed by atoms with Crippen LogP contribution in [0.1, 0.15) is 66.2 Å². The molecule has 2 heterocycles. The average molecular weight is 350 g/mol. The lowest BCUT2D eigenvalue weighted by Crippen LogP contribution is -2.41. The topological polar surface area (TPSA) is 40.6 Å². The molecule has 2 aromatic rings. The van der Waals surface area contributed by atoms with Crippen LogP contribution < -0.4 is 4.90 Å². The van der Waals surface area contributed by atoms with E-state index in [1.165, 1.54) is 30.6 Å². The summed E-state index contributed by atoms with van der Waals surface area (Å²) in [5.74, 6) is -0.288. The molecule has 4 rings (SSSR count). The van der Waals surface area contributed by atoms with E-state index in [0.717, 1.165) is 42.4 Å². The first kappa shape index (κ1) is 17.1. The molecule has 0 aliphatic carbocycles. The molecule has 1 saturated heterocycles. The third-order valence-corrected chi connectivity index (χ3v) is 5.65. The monoisotopic (exact) mass is 350 g/mol. The molecule has 1 fully saturated rings. The van der Waals surface area contributed by atoms with E-state index in [9.17, 15) is 9.59 Å². The van der Waals surface area contributed by atoms with Crippen LogP contribution >= 0.6 is 0 Å². The molecule has 136 valence electrons. The Morgan fingerprint density at radius 3 is 2.27 bits per heavy atom. The molecule has 2 aliphatic rings. The Balaban J connectivity index is 1.83. The molecule has 0 radical (unpaired) electrons. The zero-order valence-electron chi connectivity index (χ0n) is 15.5. The van der Waals surface area contributed by atoms with E-state index in [4.69, 9.17) is 0 Å². The second-order valence-electron chi connectivity index (χ2n) is 7.38. The summed E-state index contributed by atoms with van der Waals surface area (Å²) in [4.78, 5) is 29.8. The van der Waals surface area contributed by atoms with Gasteiger partial charge in [0.05, 0.1) is 0 Å². The summed E-state index contributed by atoms with van der Waals surface area (Å²) in [5.41, 5.74) is 2.50. The number of carbonyl (C=O) groups excluding carboxylic acids is 2. The van der Waals surface area contributed by atoms with Crippen molar-refractivity contribution in [3.8, 4) is 0 Å². The molecule has 0 spiro atoms. The number of benzene rings is 2. The van der Waals surface area contributed by atoms with Crippen molar-refractivity contribution < 1.29 is 9.59 Å².